The Balaban J connectivity index is 2.23. The van der Waals surface area contributed by atoms with Crippen LogP contribution in [0.2, 0.25) is 0 Å². The SMILES string of the molecule is CCN(C)C(=O)NC(C)CN1CCCCC1. The van der Waals surface area contributed by atoms with Crippen LogP contribution in [0.1, 0.15) is 33.1 Å². The second kappa shape index (κ2) is 6.74. The predicted octanol–water partition coefficient (Wildman–Crippen LogP) is 1.52. The maximum atomic E-state index is 11.6. The lowest BCUT2D eigenvalue weighted by Gasteiger charge is -2.30. The number of nitrogens with zero attached hydrogens (tertiary/aromatic N) is 2. The minimum Gasteiger partial charge on any atom is -0.334 e. The molecule has 1 rings (SSSR count). The lowest BCUT2D eigenvalue weighted by atomic mass is 10.1. The third-order valence-electron chi connectivity index (χ3n) is 3.17. The van der Waals surface area contributed by atoms with Crippen molar-refractivity contribution < 1.29 is 4.79 Å². The number of amides is 2. The lowest BCUT2D eigenvalue weighted by molar-refractivity contribution is 0.189. The fourth-order valence-electron chi connectivity index (χ4n) is 2.04. The molecule has 0 bridgehead atoms. The Bertz CT molecular complexity index is 214. The molecule has 0 aliphatic carbocycles. The summed E-state index contributed by atoms with van der Waals surface area (Å²) in [6.45, 7) is 8.16. The van der Waals surface area contributed by atoms with Gasteiger partial charge >= 0.3 is 6.03 Å². The largest absolute Gasteiger partial charge is 0.334 e. The smallest absolute Gasteiger partial charge is 0.317 e. The van der Waals surface area contributed by atoms with Crippen molar-refractivity contribution in [2.24, 2.45) is 0 Å². The number of hydrogen-bond acceptors (Lipinski definition) is 2. The zero-order chi connectivity index (χ0) is 12.0. The molecule has 1 atom stereocenters. The van der Waals surface area contributed by atoms with Crippen LogP contribution in [0.5, 0.6) is 0 Å². The van der Waals surface area contributed by atoms with Gasteiger partial charge in [-0.2, -0.15) is 0 Å². The highest BCUT2D eigenvalue weighted by molar-refractivity contribution is 5.74. The number of piperidine rings is 1. The van der Waals surface area contributed by atoms with Crippen molar-refractivity contribution in [3.05, 3.63) is 0 Å². The number of likely N-dealkylation sites (tertiary alicyclic amines) is 1. The van der Waals surface area contributed by atoms with Crippen molar-refractivity contribution in [3.63, 3.8) is 0 Å². The van der Waals surface area contributed by atoms with Gasteiger partial charge in [0, 0.05) is 26.2 Å². The van der Waals surface area contributed by atoms with E-state index in [2.05, 4.69) is 17.1 Å². The molecule has 1 saturated heterocycles. The van der Waals surface area contributed by atoms with E-state index in [1.807, 2.05) is 14.0 Å². The van der Waals surface area contributed by atoms with Crippen molar-refractivity contribution in [1.82, 2.24) is 15.1 Å². The van der Waals surface area contributed by atoms with Crippen LogP contribution in [0.25, 0.3) is 0 Å². The molecule has 0 aromatic rings. The van der Waals surface area contributed by atoms with Gasteiger partial charge in [0.2, 0.25) is 0 Å². The van der Waals surface area contributed by atoms with Crippen LogP contribution in [0.15, 0.2) is 0 Å². The lowest BCUT2D eigenvalue weighted by Crippen LogP contribution is -2.47. The van der Waals surface area contributed by atoms with Gasteiger partial charge in [-0.15, -0.1) is 0 Å². The molecule has 1 fully saturated rings. The highest BCUT2D eigenvalue weighted by Gasteiger charge is 2.15. The van der Waals surface area contributed by atoms with E-state index in [1.165, 1.54) is 32.4 Å². The van der Waals surface area contributed by atoms with Crippen LogP contribution in [-0.4, -0.2) is 55.1 Å². The van der Waals surface area contributed by atoms with Crippen LogP contribution < -0.4 is 5.32 Å². The topological polar surface area (TPSA) is 35.6 Å². The molecule has 94 valence electrons. The van der Waals surface area contributed by atoms with Crippen molar-refractivity contribution in [3.8, 4) is 0 Å². The van der Waals surface area contributed by atoms with Gasteiger partial charge in [0.05, 0.1) is 0 Å². The number of hydrogen-bond donors (Lipinski definition) is 1. The Morgan fingerprint density at radius 2 is 2.00 bits per heavy atom. The molecule has 0 aromatic heterocycles. The molecule has 4 nitrogen and oxygen atoms in total. The van der Waals surface area contributed by atoms with Crippen molar-refractivity contribution >= 4 is 6.03 Å². The minimum atomic E-state index is 0.0343. The maximum Gasteiger partial charge on any atom is 0.317 e. The standard InChI is InChI=1S/C12H25N3O/c1-4-14(3)12(16)13-11(2)10-15-8-6-5-7-9-15/h11H,4-10H2,1-3H3,(H,13,16). The van der Waals surface area contributed by atoms with E-state index in [1.54, 1.807) is 4.90 Å². The van der Waals surface area contributed by atoms with E-state index < -0.39 is 0 Å². The van der Waals surface area contributed by atoms with Gasteiger partial charge in [-0.05, 0) is 39.8 Å². The normalized spacial score (nSPS) is 19.2. The zero-order valence-corrected chi connectivity index (χ0v) is 10.8. The molecular formula is C12H25N3O. The average Bonchev–Trinajstić information content (AvgIpc) is 2.29. The van der Waals surface area contributed by atoms with Gasteiger partial charge in [0.25, 0.3) is 0 Å². The molecule has 0 aromatic carbocycles. The van der Waals surface area contributed by atoms with E-state index in [0.717, 1.165) is 13.1 Å². The van der Waals surface area contributed by atoms with E-state index in [4.69, 9.17) is 0 Å². The highest BCUT2D eigenvalue weighted by Crippen LogP contribution is 2.08. The Morgan fingerprint density at radius 3 is 2.56 bits per heavy atom. The number of nitrogens with one attached hydrogen (secondary N) is 1. The number of urea groups is 1. The fourth-order valence-corrected chi connectivity index (χ4v) is 2.04. The number of carbonyl (C=O) groups excluding carboxylic acids is 1. The first-order valence-corrected chi connectivity index (χ1v) is 6.37. The molecule has 0 radical (unpaired) electrons. The van der Waals surface area contributed by atoms with Crippen LogP contribution in [0, 0.1) is 0 Å². The first kappa shape index (κ1) is 13.3. The Morgan fingerprint density at radius 1 is 1.38 bits per heavy atom. The van der Waals surface area contributed by atoms with Gasteiger partial charge in [-0.3, -0.25) is 0 Å². The summed E-state index contributed by atoms with van der Waals surface area (Å²) in [5.41, 5.74) is 0. The van der Waals surface area contributed by atoms with Crippen molar-refractivity contribution in [1.29, 1.82) is 0 Å². The third-order valence-corrected chi connectivity index (χ3v) is 3.17. The van der Waals surface area contributed by atoms with E-state index in [9.17, 15) is 4.79 Å². The minimum absolute atomic E-state index is 0.0343. The zero-order valence-electron chi connectivity index (χ0n) is 10.8. The second-order valence-corrected chi connectivity index (χ2v) is 4.73. The van der Waals surface area contributed by atoms with E-state index >= 15 is 0 Å². The van der Waals surface area contributed by atoms with Gasteiger partial charge in [0.1, 0.15) is 0 Å². The van der Waals surface area contributed by atoms with E-state index in [0.29, 0.717) is 0 Å². The van der Waals surface area contributed by atoms with Gasteiger partial charge in [-0.1, -0.05) is 6.42 Å². The number of rotatable bonds is 4. The Kier molecular flexibility index (Phi) is 5.60. The van der Waals surface area contributed by atoms with E-state index in [-0.39, 0.29) is 12.1 Å². The summed E-state index contributed by atoms with van der Waals surface area (Å²) in [5, 5.41) is 3.02. The second-order valence-electron chi connectivity index (χ2n) is 4.73. The molecule has 0 spiro atoms. The molecule has 16 heavy (non-hydrogen) atoms. The van der Waals surface area contributed by atoms with Crippen LogP contribution in [-0.2, 0) is 0 Å². The summed E-state index contributed by atoms with van der Waals surface area (Å²) in [6.07, 6.45) is 3.96. The van der Waals surface area contributed by atoms with Crippen molar-refractivity contribution in [2.75, 3.05) is 33.2 Å². The molecular weight excluding hydrogens is 202 g/mol. The third kappa shape index (κ3) is 4.39. The Hall–Kier alpha value is -0.770. The molecule has 4 heteroatoms. The summed E-state index contributed by atoms with van der Waals surface area (Å²) in [7, 11) is 1.82. The van der Waals surface area contributed by atoms with Crippen molar-refractivity contribution in [2.45, 2.75) is 39.2 Å². The monoisotopic (exact) mass is 227 g/mol. The molecule has 1 aliphatic heterocycles. The summed E-state index contributed by atoms with van der Waals surface area (Å²) >= 11 is 0. The van der Waals surface area contributed by atoms with Gasteiger partial charge < -0.3 is 15.1 Å². The van der Waals surface area contributed by atoms with Crippen LogP contribution in [0.3, 0.4) is 0 Å². The maximum absolute atomic E-state index is 11.6. The van der Waals surface area contributed by atoms with Crippen LogP contribution in [0.4, 0.5) is 4.79 Å². The van der Waals surface area contributed by atoms with Gasteiger partial charge in [-0.25, -0.2) is 4.79 Å². The summed E-state index contributed by atoms with van der Waals surface area (Å²) in [6, 6.07) is 0.270. The summed E-state index contributed by atoms with van der Waals surface area (Å²) < 4.78 is 0. The molecule has 1 unspecified atom stereocenters. The average molecular weight is 227 g/mol. The molecule has 2 amide bonds. The number of carbonyl (C=O) groups is 1. The van der Waals surface area contributed by atoms with Gasteiger partial charge in [0.15, 0.2) is 0 Å². The molecule has 1 aliphatic rings. The predicted molar refractivity (Wildman–Crippen MR) is 66.6 cm³/mol. The first-order chi connectivity index (χ1) is 7.63. The summed E-state index contributed by atoms with van der Waals surface area (Å²) in [5.74, 6) is 0. The van der Waals surface area contributed by atoms with Crippen LogP contribution >= 0.6 is 0 Å². The fraction of sp³-hybridized carbons (Fsp3) is 0.917. The Labute approximate surface area is 99.0 Å². The molecule has 1 heterocycles. The summed E-state index contributed by atoms with van der Waals surface area (Å²) in [4.78, 5) is 15.8. The highest BCUT2D eigenvalue weighted by atomic mass is 16.2. The molecule has 1 N–H and O–H groups in total. The molecule has 0 saturated carbocycles. The quantitative estimate of drug-likeness (QED) is 0.790. The first-order valence-electron chi connectivity index (χ1n) is 6.37.